The molecule has 0 fully saturated rings. The van der Waals surface area contributed by atoms with Crippen LogP contribution in [0.5, 0.6) is 0 Å². The molecule has 104 valence electrons. The van der Waals surface area contributed by atoms with E-state index in [1.165, 1.54) is 12.1 Å². The first-order valence-electron chi connectivity index (χ1n) is 5.89. The molecule has 0 radical (unpaired) electrons. The number of nitrogens with zero attached hydrogens (tertiary/aromatic N) is 2. The molecule has 7 heteroatoms. The number of carboxylic acids is 1. The van der Waals surface area contributed by atoms with Gasteiger partial charge < -0.3 is 15.3 Å². The maximum absolute atomic E-state index is 10.9. The summed E-state index contributed by atoms with van der Waals surface area (Å²) in [5.41, 5.74) is 0.0153. The Balaban J connectivity index is 2.82. The minimum atomic E-state index is -1.18. The predicted molar refractivity (Wildman–Crippen MR) is 71.7 cm³/mol. The minimum absolute atomic E-state index is 0.0945. The fourth-order valence-corrected chi connectivity index (χ4v) is 1.50. The number of hydrogen-bond acceptors (Lipinski definition) is 5. The summed E-state index contributed by atoms with van der Waals surface area (Å²) < 4.78 is 0. The van der Waals surface area contributed by atoms with E-state index in [4.69, 9.17) is 5.11 Å². The molecular weight excluding hydrogens is 250 g/mol. The normalized spacial score (nSPS) is 10.5. The van der Waals surface area contributed by atoms with Crippen molar-refractivity contribution in [2.24, 2.45) is 0 Å². The molecule has 19 heavy (non-hydrogen) atoms. The second-order valence-electron chi connectivity index (χ2n) is 4.12. The number of carbonyl (C=O) groups is 1. The summed E-state index contributed by atoms with van der Waals surface area (Å²) in [6.07, 6.45) is 0. The van der Waals surface area contributed by atoms with Crippen molar-refractivity contribution in [1.29, 1.82) is 0 Å². The van der Waals surface area contributed by atoms with Crippen molar-refractivity contribution in [3.8, 4) is 0 Å². The van der Waals surface area contributed by atoms with Crippen LogP contribution in [0.2, 0.25) is 0 Å². The van der Waals surface area contributed by atoms with Gasteiger partial charge in [0.05, 0.1) is 10.5 Å². The Morgan fingerprint density at radius 3 is 2.74 bits per heavy atom. The van der Waals surface area contributed by atoms with Crippen LogP contribution in [0.25, 0.3) is 0 Å². The van der Waals surface area contributed by atoms with E-state index in [2.05, 4.69) is 10.2 Å². The summed E-state index contributed by atoms with van der Waals surface area (Å²) in [6.45, 7) is 4.21. The third-order valence-electron chi connectivity index (χ3n) is 2.79. The van der Waals surface area contributed by atoms with Gasteiger partial charge in [0.1, 0.15) is 5.69 Å². The van der Waals surface area contributed by atoms with E-state index in [1.54, 1.807) is 0 Å². The largest absolute Gasteiger partial charge is 0.478 e. The van der Waals surface area contributed by atoms with Crippen LogP contribution in [0.1, 0.15) is 17.3 Å². The molecule has 2 N–H and O–H groups in total. The Labute approximate surface area is 111 Å². The van der Waals surface area contributed by atoms with Gasteiger partial charge in [-0.2, -0.15) is 0 Å². The van der Waals surface area contributed by atoms with Crippen molar-refractivity contribution in [3.05, 3.63) is 33.9 Å². The molecule has 0 aromatic heterocycles. The molecule has 0 saturated carbocycles. The number of likely N-dealkylation sites (N-methyl/N-ethyl adjacent to an activating group) is 1. The van der Waals surface area contributed by atoms with Crippen LogP contribution < -0.4 is 5.32 Å². The molecule has 7 nitrogen and oxygen atoms in total. The number of carboxylic acid groups (broad SMARTS) is 1. The maximum Gasteiger partial charge on any atom is 0.335 e. The molecule has 0 spiro atoms. The van der Waals surface area contributed by atoms with Crippen molar-refractivity contribution in [2.75, 3.05) is 32.0 Å². The van der Waals surface area contributed by atoms with Gasteiger partial charge in [-0.25, -0.2) is 4.79 Å². The van der Waals surface area contributed by atoms with Crippen molar-refractivity contribution >= 4 is 17.3 Å². The molecular formula is C12H17N3O4. The Kier molecular flexibility index (Phi) is 5.25. The van der Waals surface area contributed by atoms with E-state index >= 15 is 0 Å². The van der Waals surface area contributed by atoms with Gasteiger partial charge in [0.25, 0.3) is 5.69 Å². The molecule has 0 aliphatic carbocycles. The Morgan fingerprint density at radius 2 is 2.21 bits per heavy atom. The predicted octanol–water partition coefficient (Wildman–Crippen LogP) is 1.66. The van der Waals surface area contributed by atoms with Gasteiger partial charge >= 0.3 is 5.97 Å². The van der Waals surface area contributed by atoms with Crippen LogP contribution in [0, 0.1) is 10.1 Å². The number of nitro groups is 1. The zero-order valence-corrected chi connectivity index (χ0v) is 10.9. The van der Waals surface area contributed by atoms with Crippen LogP contribution in [-0.2, 0) is 0 Å². The zero-order valence-electron chi connectivity index (χ0n) is 10.9. The highest BCUT2D eigenvalue weighted by Gasteiger charge is 2.16. The Morgan fingerprint density at radius 1 is 1.53 bits per heavy atom. The van der Waals surface area contributed by atoms with Crippen LogP contribution in [-0.4, -0.2) is 47.6 Å². The lowest BCUT2D eigenvalue weighted by Crippen LogP contribution is -2.24. The third-order valence-corrected chi connectivity index (χ3v) is 2.79. The summed E-state index contributed by atoms with van der Waals surface area (Å²) in [7, 11) is 1.95. The van der Waals surface area contributed by atoms with E-state index in [9.17, 15) is 14.9 Å². The van der Waals surface area contributed by atoms with Crippen molar-refractivity contribution in [3.63, 3.8) is 0 Å². The number of hydrogen-bond donors (Lipinski definition) is 2. The van der Waals surface area contributed by atoms with Crippen LogP contribution >= 0.6 is 0 Å². The lowest BCUT2D eigenvalue weighted by molar-refractivity contribution is -0.384. The molecule has 0 heterocycles. The van der Waals surface area contributed by atoms with Gasteiger partial charge in [0.15, 0.2) is 0 Å². The van der Waals surface area contributed by atoms with E-state index in [-0.39, 0.29) is 11.3 Å². The van der Waals surface area contributed by atoms with Crippen molar-refractivity contribution in [2.45, 2.75) is 6.92 Å². The fraction of sp³-hybridized carbons (Fsp3) is 0.417. The highest BCUT2D eigenvalue weighted by Crippen LogP contribution is 2.25. The van der Waals surface area contributed by atoms with E-state index < -0.39 is 10.9 Å². The van der Waals surface area contributed by atoms with Gasteiger partial charge in [-0.1, -0.05) is 6.92 Å². The number of nitro benzene ring substituents is 1. The highest BCUT2D eigenvalue weighted by molar-refractivity contribution is 5.89. The fourth-order valence-electron chi connectivity index (χ4n) is 1.50. The Hall–Kier alpha value is -2.15. The number of benzene rings is 1. The number of aromatic carboxylic acids is 1. The number of anilines is 1. The molecule has 0 aliphatic rings. The SMILES string of the molecule is CCN(C)CCNc1ccc(C(=O)O)cc1[N+](=O)[O-]. The molecule has 0 bridgehead atoms. The van der Waals surface area contributed by atoms with E-state index in [0.717, 1.165) is 19.2 Å². The third kappa shape index (κ3) is 4.22. The first-order valence-corrected chi connectivity index (χ1v) is 5.89. The summed E-state index contributed by atoms with van der Waals surface area (Å²) in [5.74, 6) is -1.18. The smallest absolute Gasteiger partial charge is 0.335 e. The van der Waals surface area contributed by atoms with Crippen LogP contribution in [0.3, 0.4) is 0 Å². The minimum Gasteiger partial charge on any atom is -0.478 e. The standard InChI is InChI=1S/C12H17N3O4/c1-3-14(2)7-6-13-10-5-4-9(12(16)17)8-11(10)15(18)19/h4-5,8,13H,3,6-7H2,1-2H3,(H,16,17). The topological polar surface area (TPSA) is 95.7 Å². The molecule has 0 aliphatic heterocycles. The molecule has 0 amide bonds. The van der Waals surface area contributed by atoms with E-state index in [0.29, 0.717) is 12.2 Å². The summed E-state index contributed by atoms with van der Waals surface area (Å²) in [5, 5.41) is 22.7. The van der Waals surface area contributed by atoms with Gasteiger partial charge in [0.2, 0.25) is 0 Å². The molecule has 1 rings (SSSR count). The molecule has 0 saturated heterocycles. The maximum atomic E-state index is 10.9. The Bertz CT molecular complexity index is 476. The van der Waals surface area contributed by atoms with Gasteiger partial charge in [-0.15, -0.1) is 0 Å². The molecule has 1 aromatic carbocycles. The molecule has 0 atom stereocenters. The lowest BCUT2D eigenvalue weighted by atomic mass is 10.1. The summed E-state index contributed by atoms with van der Waals surface area (Å²) >= 11 is 0. The molecule has 1 aromatic rings. The van der Waals surface area contributed by atoms with Gasteiger partial charge in [-0.05, 0) is 25.7 Å². The van der Waals surface area contributed by atoms with Gasteiger partial charge in [0, 0.05) is 19.2 Å². The average Bonchev–Trinajstić information content (AvgIpc) is 2.38. The monoisotopic (exact) mass is 267 g/mol. The summed E-state index contributed by atoms with van der Waals surface area (Å²) in [4.78, 5) is 23.2. The number of nitrogens with one attached hydrogen (secondary N) is 1. The average molecular weight is 267 g/mol. The quantitative estimate of drug-likeness (QED) is 0.576. The lowest BCUT2D eigenvalue weighted by Gasteiger charge is -2.14. The number of rotatable bonds is 7. The second-order valence-corrected chi connectivity index (χ2v) is 4.12. The van der Waals surface area contributed by atoms with Crippen molar-refractivity contribution in [1.82, 2.24) is 4.90 Å². The van der Waals surface area contributed by atoms with Crippen molar-refractivity contribution < 1.29 is 14.8 Å². The molecule has 0 unspecified atom stereocenters. The first kappa shape index (κ1) is 14.9. The highest BCUT2D eigenvalue weighted by atomic mass is 16.6. The van der Waals surface area contributed by atoms with Crippen LogP contribution in [0.4, 0.5) is 11.4 Å². The summed E-state index contributed by atoms with van der Waals surface area (Å²) in [6, 6.07) is 3.84. The van der Waals surface area contributed by atoms with E-state index in [1.807, 2.05) is 14.0 Å². The second kappa shape index (κ2) is 6.69. The van der Waals surface area contributed by atoms with Gasteiger partial charge in [-0.3, -0.25) is 10.1 Å². The first-order chi connectivity index (χ1) is 8.95. The van der Waals surface area contributed by atoms with Crippen LogP contribution in [0.15, 0.2) is 18.2 Å². The zero-order chi connectivity index (χ0) is 14.4.